The molecule has 1 heterocycles. The third-order valence-electron chi connectivity index (χ3n) is 7.25. The molecule has 1 saturated heterocycles. The van der Waals surface area contributed by atoms with Gasteiger partial charge in [-0.25, -0.2) is 0 Å². The average Bonchev–Trinajstić information content (AvgIpc) is 2.98. The third kappa shape index (κ3) is 13.5. The summed E-state index contributed by atoms with van der Waals surface area (Å²) in [5.74, 6) is 1.87. The normalized spacial score (nSPS) is 15.2. The van der Waals surface area contributed by atoms with Crippen LogP contribution in [0.5, 0.6) is 0 Å². The van der Waals surface area contributed by atoms with Gasteiger partial charge in [0.2, 0.25) is 11.8 Å². The molecule has 14 heteroatoms. The van der Waals surface area contributed by atoms with E-state index >= 15 is 0 Å². The number of carbonyl (C=O) groups excluding carboxylic acids is 2. The summed E-state index contributed by atoms with van der Waals surface area (Å²) in [6.45, 7) is 25.4. The van der Waals surface area contributed by atoms with E-state index in [-0.39, 0.29) is 11.8 Å². The van der Waals surface area contributed by atoms with Crippen molar-refractivity contribution in [3.63, 3.8) is 0 Å². The zero-order chi connectivity index (χ0) is 33.3. The molecule has 44 heavy (non-hydrogen) atoms. The van der Waals surface area contributed by atoms with Gasteiger partial charge in [-0.2, -0.15) is 0 Å². The Morgan fingerprint density at radius 2 is 0.795 bits per heavy atom. The fourth-order valence-electron chi connectivity index (χ4n) is 5.23. The number of thioether (sulfide) groups is 2. The van der Waals surface area contributed by atoms with Crippen LogP contribution in [0.1, 0.15) is 82.1 Å². The fraction of sp³-hybridized carbons (Fsp3) is 0.933. The first-order chi connectivity index (χ1) is 20.8. The summed E-state index contributed by atoms with van der Waals surface area (Å²) in [5.41, 5.74) is 0. The van der Waals surface area contributed by atoms with E-state index in [2.05, 4.69) is 0 Å². The van der Waals surface area contributed by atoms with Crippen LogP contribution >= 0.6 is 23.5 Å². The van der Waals surface area contributed by atoms with Gasteiger partial charge in [-0.05, 0) is 93.6 Å². The summed E-state index contributed by atoms with van der Waals surface area (Å²) in [5, 5.41) is 0. The molecule has 0 unspecified atom stereocenters. The van der Waals surface area contributed by atoms with Crippen molar-refractivity contribution in [1.82, 2.24) is 9.80 Å². The maximum Gasteiger partial charge on any atom is 0.500 e. The minimum atomic E-state index is -2.68. The highest BCUT2D eigenvalue weighted by molar-refractivity contribution is 8.01. The molecular weight excluding hydrogens is 637 g/mol. The van der Waals surface area contributed by atoms with Crippen LogP contribution in [-0.2, 0) is 36.1 Å². The lowest BCUT2D eigenvalue weighted by atomic mass is 10.1. The number of hydrogen-bond acceptors (Lipinski definition) is 10. The van der Waals surface area contributed by atoms with Gasteiger partial charge in [0.25, 0.3) is 0 Å². The molecule has 10 nitrogen and oxygen atoms in total. The predicted octanol–water partition coefficient (Wildman–Crippen LogP) is 5.56. The van der Waals surface area contributed by atoms with Gasteiger partial charge in [0.05, 0.1) is 9.49 Å². The van der Waals surface area contributed by atoms with Gasteiger partial charge in [0.1, 0.15) is 0 Å². The molecule has 1 rings (SSSR count). The number of hydrogen-bond donors (Lipinski definition) is 0. The Bertz CT molecular complexity index is 733. The lowest BCUT2D eigenvalue weighted by Crippen LogP contribution is -2.57. The van der Waals surface area contributed by atoms with Crippen LogP contribution < -0.4 is 0 Å². The first-order valence-electron chi connectivity index (χ1n) is 16.5. The summed E-state index contributed by atoms with van der Waals surface area (Å²) >= 11 is 3.33. The third-order valence-corrected chi connectivity index (χ3v) is 16.3. The van der Waals surface area contributed by atoms with Crippen molar-refractivity contribution in [2.24, 2.45) is 0 Å². The Kier molecular flexibility index (Phi) is 19.9. The second kappa shape index (κ2) is 20.9. The standard InChI is InChI=1S/C30H62N2O8S2Si2/c1-11-35-43(36-12-2,37-13-3)25-17-23-41-29(7,8)27(33)31-19-21-32(22-20-31)28(34)30(9,10)42-24-18-26-44(38-14-4,39-15-5)40-16-6/h11-26H2,1-10H3. The Hall–Kier alpha value is -0.166. The molecule has 0 saturated carbocycles. The molecule has 0 spiro atoms. The first kappa shape index (κ1) is 41.9. The van der Waals surface area contributed by atoms with E-state index in [1.807, 2.05) is 79.0 Å². The highest BCUT2D eigenvalue weighted by Crippen LogP contribution is 2.32. The van der Waals surface area contributed by atoms with Crippen LogP contribution in [0.3, 0.4) is 0 Å². The molecule has 0 N–H and O–H groups in total. The zero-order valence-electron chi connectivity index (χ0n) is 29.3. The maximum atomic E-state index is 13.5. The van der Waals surface area contributed by atoms with Gasteiger partial charge >= 0.3 is 17.6 Å². The highest BCUT2D eigenvalue weighted by Gasteiger charge is 2.42. The van der Waals surface area contributed by atoms with Gasteiger partial charge in [0.15, 0.2) is 0 Å². The van der Waals surface area contributed by atoms with Gasteiger partial charge in [-0.1, -0.05) is 0 Å². The van der Waals surface area contributed by atoms with Crippen molar-refractivity contribution in [2.45, 2.75) is 104 Å². The Morgan fingerprint density at radius 1 is 0.545 bits per heavy atom. The molecule has 260 valence electrons. The number of carbonyl (C=O) groups is 2. The summed E-state index contributed by atoms with van der Waals surface area (Å²) in [7, 11) is -5.36. The van der Waals surface area contributed by atoms with Gasteiger partial charge in [-0.15, -0.1) is 23.5 Å². The van der Waals surface area contributed by atoms with Gasteiger partial charge in [-0.3, -0.25) is 9.59 Å². The van der Waals surface area contributed by atoms with Crippen LogP contribution in [0.4, 0.5) is 0 Å². The zero-order valence-corrected chi connectivity index (χ0v) is 32.9. The minimum absolute atomic E-state index is 0.122. The fourth-order valence-corrected chi connectivity index (χ4v) is 13.1. The van der Waals surface area contributed by atoms with E-state index < -0.39 is 27.1 Å². The van der Waals surface area contributed by atoms with Crippen LogP contribution in [0, 0.1) is 0 Å². The summed E-state index contributed by atoms with van der Waals surface area (Å²) in [6, 6.07) is 1.48. The first-order valence-corrected chi connectivity index (χ1v) is 22.3. The number of nitrogens with zero attached hydrogens (tertiary/aromatic N) is 2. The molecular formula is C30H62N2O8S2Si2. The maximum absolute atomic E-state index is 13.5. The molecule has 0 aromatic heterocycles. The second-order valence-electron chi connectivity index (χ2n) is 11.5. The van der Waals surface area contributed by atoms with Crippen molar-refractivity contribution in [3.8, 4) is 0 Å². The van der Waals surface area contributed by atoms with Crippen molar-refractivity contribution in [1.29, 1.82) is 0 Å². The Labute approximate surface area is 279 Å². The average molecular weight is 699 g/mol. The lowest BCUT2D eigenvalue weighted by Gasteiger charge is -2.40. The van der Waals surface area contributed by atoms with Gasteiger partial charge < -0.3 is 36.4 Å². The monoisotopic (exact) mass is 698 g/mol. The van der Waals surface area contributed by atoms with Crippen molar-refractivity contribution >= 4 is 52.9 Å². The molecule has 0 radical (unpaired) electrons. The molecule has 0 aromatic carbocycles. The van der Waals surface area contributed by atoms with E-state index in [0.29, 0.717) is 65.8 Å². The minimum Gasteiger partial charge on any atom is -0.374 e. The Morgan fingerprint density at radius 3 is 1.02 bits per heavy atom. The summed E-state index contributed by atoms with van der Waals surface area (Å²) < 4.78 is 34.7. The van der Waals surface area contributed by atoms with Crippen LogP contribution in [-0.4, -0.2) is 126 Å². The SMILES string of the molecule is CCO[Si](CCCSC(C)(C)C(=O)N1CCN(C(=O)C(C)(C)SCCC[Si](OCC)(OCC)OCC)CC1)(OCC)OCC. The van der Waals surface area contributed by atoms with Crippen molar-refractivity contribution < 1.29 is 36.1 Å². The molecule has 1 aliphatic rings. The van der Waals surface area contributed by atoms with E-state index in [1.165, 1.54) is 0 Å². The van der Waals surface area contributed by atoms with Crippen LogP contribution in [0.25, 0.3) is 0 Å². The summed E-state index contributed by atoms with van der Waals surface area (Å²) in [6.07, 6.45) is 1.71. The van der Waals surface area contributed by atoms with E-state index in [1.54, 1.807) is 23.5 Å². The van der Waals surface area contributed by atoms with Crippen LogP contribution in [0.2, 0.25) is 12.1 Å². The number of amides is 2. The topological polar surface area (TPSA) is 96.0 Å². The molecule has 2 amide bonds. The van der Waals surface area contributed by atoms with E-state index in [9.17, 15) is 9.59 Å². The van der Waals surface area contributed by atoms with Crippen LogP contribution in [0.15, 0.2) is 0 Å². The predicted molar refractivity (Wildman–Crippen MR) is 186 cm³/mol. The molecule has 0 aromatic rings. The molecule has 0 bridgehead atoms. The van der Waals surface area contributed by atoms with Crippen molar-refractivity contribution in [2.75, 3.05) is 77.3 Å². The van der Waals surface area contributed by atoms with Gasteiger partial charge in [0, 0.05) is 77.9 Å². The molecule has 1 aliphatic heterocycles. The summed E-state index contributed by atoms with van der Waals surface area (Å²) in [4.78, 5) is 30.8. The number of piperazine rings is 1. The smallest absolute Gasteiger partial charge is 0.374 e. The lowest BCUT2D eigenvalue weighted by molar-refractivity contribution is -0.141. The molecule has 0 aliphatic carbocycles. The van der Waals surface area contributed by atoms with E-state index in [4.69, 9.17) is 26.6 Å². The largest absolute Gasteiger partial charge is 0.500 e. The van der Waals surface area contributed by atoms with Crippen molar-refractivity contribution in [3.05, 3.63) is 0 Å². The quantitative estimate of drug-likeness (QED) is 0.0943. The second-order valence-corrected chi connectivity index (χ2v) is 20.4. The molecule has 0 atom stereocenters. The highest BCUT2D eigenvalue weighted by atomic mass is 32.2. The molecule has 1 fully saturated rings. The Balaban J connectivity index is 2.59. The van der Waals surface area contributed by atoms with E-state index in [0.717, 1.165) is 36.4 Å². The number of rotatable bonds is 24.